The van der Waals surface area contributed by atoms with Crippen molar-refractivity contribution in [1.29, 1.82) is 0 Å². The van der Waals surface area contributed by atoms with Gasteiger partial charge < -0.3 is 4.90 Å². The van der Waals surface area contributed by atoms with Gasteiger partial charge in [0.05, 0.1) is 11.5 Å². The molecule has 1 unspecified atom stereocenters. The lowest BCUT2D eigenvalue weighted by Crippen LogP contribution is -2.42. The zero-order chi connectivity index (χ0) is 11.3. The Bertz CT molecular complexity index is 265. The Hall–Kier alpha value is 0.390. The van der Waals surface area contributed by atoms with Crippen LogP contribution >= 0.6 is 15.9 Å². The maximum atomic E-state index is 11.2. The Morgan fingerprint density at radius 2 is 1.93 bits per heavy atom. The van der Waals surface area contributed by atoms with Crippen LogP contribution in [0.2, 0.25) is 0 Å². The van der Waals surface area contributed by atoms with E-state index < -0.39 is 9.84 Å². The average molecular weight is 298 g/mol. The number of nitrogens with zero attached hydrogens (tertiary/aromatic N) is 1. The number of halogens is 1. The monoisotopic (exact) mass is 297 g/mol. The van der Waals surface area contributed by atoms with Gasteiger partial charge in [-0.05, 0) is 12.3 Å². The quantitative estimate of drug-likeness (QED) is 0.722. The molecule has 1 atom stereocenters. The third kappa shape index (κ3) is 4.83. The Balaban J connectivity index is 2.34. The second-order valence-electron chi connectivity index (χ2n) is 4.26. The number of alkyl halides is 1. The second kappa shape index (κ2) is 6.21. The van der Waals surface area contributed by atoms with Crippen molar-refractivity contribution in [1.82, 2.24) is 4.90 Å². The van der Waals surface area contributed by atoms with Crippen LogP contribution in [0.25, 0.3) is 0 Å². The minimum atomic E-state index is -2.72. The van der Waals surface area contributed by atoms with Crippen LogP contribution in [0.3, 0.4) is 0 Å². The van der Waals surface area contributed by atoms with Crippen LogP contribution < -0.4 is 0 Å². The summed E-state index contributed by atoms with van der Waals surface area (Å²) < 4.78 is 22.5. The highest BCUT2D eigenvalue weighted by atomic mass is 79.9. The molecule has 0 bridgehead atoms. The summed E-state index contributed by atoms with van der Waals surface area (Å²) in [6.45, 7) is 4.66. The molecule has 0 aromatic carbocycles. The molecule has 0 saturated carbocycles. The lowest BCUT2D eigenvalue weighted by molar-refractivity contribution is 0.251. The third-order valence-corrected chi connectivity index (χ3v) is 5.39. The van der Waals surface area contributed by atoms with E-state index in [2.05, 4.69) is 27.8 Å². The summed E-state index contributed by atoms with van der Waals surface area (Å²) in [6, 6.07) is 0. The Labute approximate surface area is 101 Å². The first kappa shape index (κ1) is 13.5. The van der Waals surface area contributed by atoms with E-state index >= 15 is 0 Å². The van der Waals surface area contributed by atoms with Crippen LogP contribution in [0.5, 0.6) is 0 Å². The predicted molar refractivity (Wildman–Crippen MR) is 67.3 cm³/mol. The zero-order valence-corrected chi connectivity index (χ0v) is 11.7. The molecule has 0 spiro atoms. The first-order valence-corrected chi connectivity index (χ1v) is 8.50. The Kier molecular flexibility index (Phi) is 5.57. The fourth-order valence-corrected chi connectivity index (χ4v) is 3.73. The van der Waals surface area contributed by atoms with Gasteiger partial charge in [0.25, 0.3) is 0 Å². The van der Waals surface area contributed by atoms with Crippen LogP contribution in [0.15, 0.2) is 0 Å². The summed E-state index contributed by atoms with van der Waals surface area (Å²) >= 11 is 3.52. The van der Waals surface area contributed by atoms with Gasteiger partial charge in [-0.15, -0.1) is 0 Å². The number of rotatable bonds is 5. The molecule has 1 aliphatic rings. The minimum Gasteiger partial charge on any atom is -0.301 e. The summed E-state index contributed by atoms with van der Waals surface area (Å²) in [5.74, 6) is 1.35. The first-order valence-electron chi connectivity index (χ1n) is 5.56. The van der Waals surface area contributed by atoms with Gasteiger partial charge in [0.2, 0.25) is 0 Å². The molecule has 0 radical (unpaired) electrons. The number of hydrogen-bond acceptors (Lipinski definition) is 3. The first-order chi connectivity index (χ1) is 7.07. The van der Waals surface area contributed by atoms with E-state index in [0.29, 0.717) is 17.4 Å². The van der Waals surface area contributed by atoms with Gasteiger partial charge in [-0.1, -0.05) is 29.3 Å². The van der Waals surface area contributed by atoms with Gasteiger partial charge in [0, 0.05) is 25.0 Å². The summed E-state index contributed by atoms with van der Waals surface area (Å²) in [5, 5.41) is 1.02. The van der Waals surface area contributed by atoms with Gasteiger partial charge >= 0.3 is 0 Å². The highest BCUT2D eigenvalue weighted by molar-refractivity contribution is 9.09. The summed E-state index contributed by atoms with van der Waals surface area (Å²) in [5.41, 5.74) is 0. The number of hydrogen-bond donors (Lipinski definition) is 0. The van der Waals surface area contributed by atoms with Crippen molar-refractivity contribution in [3.05, 3.63) is 0 Å². The lowest BCUT2D eigenvalue weighted by Gasteiger charge is -2.29. The fourth-order valence-electron chi connectivity index (χ4n) is 1.92. The van der Waals surface area contributed by atoms with Crippen molar-refractivity contribution in [2.45, 2.75) is 19.8 Å². The standard InChI is InChI=1S/C10H20BrNO2S/c1-2-3-10(8-11)9-12-4-6-15(13,14)7-5-12/h10H,2-9H2,1H3. The molecule has 1 aliphatic heterocycles. The molecule has 0 aromatic heterocycles. The van der Waals surface area contributed by atoms with Crippen molar-refractivity contribution < 1.29 is 8.42 Å². The second-order valence-corrected chi connectivity index (χ2v) is 7.21. The molecule has 5 heteroatoms. The van der Waals surface area contributed by atoms with Gasteiger partial charge in [-0.2, -0.15) is 0 Å². The van der Waals surface area contributed by atoms with Crippen LogP contribution in [0, 0.1) is 5.92 Å². The van der Waals surface area contributed by atoms with E-state index in [4.69, 9.17) is 0 Å². The molecule has 1 rings (SSSR count). The molecule has 1 heterocycles. The van der Waals surface area contributed by atoms with Crippen molar-refractivity contribution in [2.24, 2.45) is 5.92 Å². The third-order valence-electron chi connectivity index (χ3n) is 2.87. The van der Waals surface area contributed by atoms with E-state index in [1.54, 1.807) is 0 Å². The SMILES string of the molecule is CCCC(CBr)CN1CCS(=O)(=O)CC1. The largest absolute Gasteiger partial charge is 0.301 e. The molecule has 90 valence electrons. The maximum Gasteiger partial charge on any atom is 0.152 e. The predicted octanol–water partition coefficient (Wildman–Crippen LogP) is 1.53. The van der Waals surface area contributed by atoms with Crippen molar-refractivity contribution in [2.75, 3.05) is 36.5 Å². The Morgan fingerprint density at radius 1 is 1.33 bits per heavy atom. The number of sulfone groups is 1. The average Bonchev–Trinajstić information content (AvgIpc) is 2.20. The molecule has 0 N–H and O–H groups in total. The van der Waals surface area contributed by atoms with Crippen molar-refractivity contribution >= 4 is 25.8 Å². The normalized spacial score (nSPS) is 23.9. The molecule has 1 fully saturated rings. The summed E-state index contributed by atoms with van der Waals surface area (Å²) in [4.78, 5) is 2.28. The summed E-state index contributed by atoms with van der Waals surface area (Å²) in [7, 11) is -2.72. The van der Waals surface area contributed by atoms with Crippen molar-refractivity contribution in [3.63, 3.8) is 0 Å². The van der Waals surface area contributed by atoms with E-state index in [-0.39, 0.29) is 0 Å². The molecule has 1 saturated heterocycles. The molecular formula is C10H20BrNO2S. The molecule has 3 nitrogen and oxygen atoms in total. The van der Waals surface area contributed by atoms with E-state index in [1.165, 1.54) is 12.8 Å². The smallest absolute Gasteiger partial charge is 0.152 e. The maximum absolute atomic E-state index is 11.2. The van der Waals surface area contributed by atoms with Crippen LogP contribution in [-0.2, 0) is 9.84 Å². The summed E-state index contributed by atoms with van der Waals surface area (Å²) in [6.07, 6.45) is 2.41. The zero-order valence-electron chi connectivity index (χ0n) is 9.28. The van der Waals surface area contributed by atoms with Crippen molar-refractivity contribution in [3.8, 4) is 0 Å². The lowest BCUT2D eigenvalue weighted by atomic mass is 10.1. The highest BCUT2D eigenvalue weighted by Gasteiger charge is 2.22. The van der Waals surface area contributed by atoms with Crippen LogP contribution in [-0.4, -0.2) is 49.8 Å². The van der Waals surface area contributed by atoms with Gasteiger partial charge in [0.1, 0.15) is 0 Å². The molecule has 0 aliphatic carbocycles. The Morgan fingerprint density at radius 3 is 2.40 bits per heavy atom. The molecule has 0 amide bonds. The van der Waals surface area contributed by atoms with Gasteiger partial charge in [-0.3, -0.25) is 0 Å². The highest BCUT2D eigenvalue weighted by Crippen LogP contribution is 2.13. The topological polar surface area (TPSA) is 37.4 Å². The molecule has 0 aromatic rings. The van der Waals surface area contributed by atoms with E-state index in [9.17, 15) is 8.42 Å². The van der Waals surface area contributed by atoms with E-state index in [1.807, 2.05) is 0 Å². The van der Waals surface area contributed by atoms with Crippen LogP contribution in [0.1, 0.15) is 19.8 Å². The molecule has 15 heavy (non-hydrogen) atoms. The van der Waals surface area contributed by atoms with Gasteiger partial charge in [-0.25, -0.2) is 8.42 Å². The minimum absolute atomic E-state index is 0.341. The van der Waals surface area contributed by atoms with Gasteiger partial charge in [0.15, 0.2) is 9.84 Å². The van der Waals surface area contributed by atoms with Crippen LogP contribution in [0.4, 0.5) is 0 Å². The molecular weight excluding hydrogens is 278 g/mol. The van der Waals surface area contributed by atoms with E-state index in [0.717, 1.165) is 25.0 Å². The fraction of sp³-hybridized carbons (Fsp3) is 1.00.